The van der Waals surface area contributed by atoms with Crippen molar-refractivity contribution in [2.24, 2.45) is 5.92 Å². The van der Waals surface area contributed by atoms with Gasteiger partial charge in [-0.3, -0.25) is 4.79 Å². The molecule has 3 heteroatoms. The monoisotopic (exact) mass is 275 g/mol. The first kappa shape index (κ1) is 15.0. The third-order valence-electron chi connectivity index (χ3n) is 4.42. The lowest BCUT2D eigenvalue weighted by molar-refractivity contribution is -0.163. The fourth-order valence-electron chi connectivity index (χ4n) is 2.51. The number of β-amino-alcohol motifs (C(OH)–C–C–N with tert-alkyl or cyclic N) is 1. The fraction of sp³-hybridized carbons (Fsp3) is 0.588. The van der Waals surface area contributed by atoms with Crippen molar-refractivity contribution in [1.82, 2.24) is 4.90 Å². The van der Waals surface area contributed by atoms with Crippen LogP contribution in [0.5, 0.6) is 0 Å². The minimum Gasteiger partial charge on any atom is -0.386 e. The molecule has 1 aliphatic rings. The van der Waals surface area contributed by atoms with Gasteiger partial charge < -0.3 is 10.0 Å². The van der Waals surface area contributed by atoms with Crippen molar-refractivity contribution in [2.45, 2.75) is 45.6 Å². The van der Waals surface area contributed by atoms with Crippen LogP contribution in [0.4, 0.5) is 0 Å². The zero-order valence-corrected chi connectivity index (χ0v) is 12.7. The summed E-state index contributed by atoms with van der Waals surface area (Å²) in [5, 5.41) is 10.2. The number of benzene rings is 1. The standard InChI is InChI=1S/C17H25NO2/c1-4-14-5-7-15(8-6-14)9-10-16(19)18-11-17(20,12-18)13(2)3/h5-8,13,20H,4,9-12H2,1-3H3. The van der Waals surface area contributed by atoms with Gasteiger partial charge in [0.2, 0.25) is 5.91 Å². The minimum atomic E-state index is -0.668. The maximum atomic E-state index is 12.0. The molecule has 1 amide bonds. The van der Waals surface area contributed by atoms with Gasteiger partial charge in [0.25, 0.3) is 0 Å². The summed E-state index contributed by atoms with van der Waals surface area (Å²) in [6.45, 7) is 7.10. The summed E-state index contributed by atoms with van der Waals surface area (Å²) in [5.74, 6) is 0.350. The molecule has 110 valence electrons. The Morgan fingerprint density at radius 2 is 1.80 bits per heavy atom. The maximum absolute atomic E-state index is 12.0. The van der Waals surface area contributed by atoms with Crippen LogP contribution in [0.1, 0.15) is 38.3 Å². The molecule has 0 atom stereocenters. The average Bonchev–Trinajstić information content (AvgIpc) is 2.41. The second kappa shape index (κ2) is 5.96. The SMILES string of the molecule is CCc1ccc(CCC(=O)N2CC(O)(C(C)C)C2)cc1. The third kappa shape index (κ3) is 3.21. The number of likely N-dealkylation sites (tertiary alicyclic amines) is 1. The van der Waals surface area contributed by atoms with E-state index >= 15 is 0 Å². The average molecular weight is 275 g/mol. The molecule has 0 unspecified atom stereocenters. The third-order valence-corrected chi connectivity index (χ3v) is 4.42. The molecule has 1 fully saturated rings. The smallest absolute Gasteiger partial charge is 0.223 e. The Labute approximate surface area is 121 Å². The number of hydrogen-bond acceptors (Lipinski definition) is 2. The summed E-state index contributed by atoms with van der Waals surface area (Å²) in [4.78, 5) is 13.8. The Bertz CT molecular complexity index is 458. The number of rotatable bonds is 5. The molecule has 3 nitrogen and oxygen atoms in total. The normalized spacial score (nSPS) is 17.1. The van der Waals surface area contributed by atoms with E-state index in [1.54, 1.807) is 4.90 Å². The van der Waals surface area contributed by atoms with E-state index in [1.807, 2.05) is 13.8 Å². The van der Waals surface area contributed by atoms with Crippen LogP contribution in [-0.2, 0) is 17.6 Å². The van der Waals surface area contributed by atoms with Gasteiger partial charge in [-0.05, 0) is 29.9 Å². The van der Waals surface area contributed by atoms with Gasteiger partial charge in [0.15, 0.2) is 0 Å². The quantitative estimate of drug-likeness (QED) is 0.896. The summed E-state index contributed by atoms with van der Waals surface area (Å²) >= 11 is 0. The van der Waals surface area contributed by atoms with E-state index in [4.69, 9.17) is 0 Å². The maximum Gasteiger partial charge on any atom is 0.223 e. The molecule has 0 radical (unpaired) electrons. The molecule has 1 saturated heterocycles. The molecular weight excluding hydrogens is 250 g/mol. The zero-order valence-electron chi connectivity index (χ0n) is 12.7. The van der Waals surface area contributed by atoms with Crippen molar-refractivity contribution in [2.75, 3.05) is 13.1 Å². The molecule has 1 aromatic rings. The lowest BCUT2D eigenvalue weighted by Crippen LogP contribution is -2.65. The van der Waals surface area contributed by atoms with Gasteiger partial charge >= 0.3 is 0 Å². The molecule has 2 rings (SSSR count). The van der Waals surface area contributed by atoms with E-state index in [-0.39, 0.29) is 11.8 Å². The Morgan fingerprint density at radius 3 is 2.30 bits per heavy atom. The van der Waals surface area contributed by atoms with Crippen LogP contribution < -0.4 is 0 Å². The van der Waals surface area contributed by atoms with E-state index in [0.717, 1.165) is 12.8 Å². The van der Waals surface area contributed by atoms with Crippen molar-refractivity contribution < 1.29 is 9.90 Å². The molecule has 1 aliphatic heterocycles. The van der Waals surface area contributed by atoms with Gasteiger partial charge in [0.1, 0.15) is 5.60 Å². The van der Waals surface area contributed by atoms with Crippen LogP contribution in [0.25, 0.3) is 0 Å². The van der Waals surface area contributed by atoms with E-state index in [1.165, 1.54) is 11.1 Å². The van der Waals surface area contributed by atoms with E-state index in [9.17, 15) is 9.90 Å². The fourth-order valence-corrected chi connectivity index (χ4v) is 2.51. The summed E-state index contributed by atoms with van der Waals surface area (Å²) in [6, 6.07) is 8.46. The first-order valence-corrected chi connectivity index (χ1v) is 7.52. The van der Waals surface area contributed by atoms with Gasteiger partial charge in [-0.2, -0.15) is 0 Å². The molecular formula is C17H25NO2. The summed E-state index contributed by atoms with van der Waals surface area (Å²) in [5.41, 5.74) is 1.86. The Hall–Kier alpha value is -1.35. The number of aryl methyl sites for hydroxylation is 2. The van der Waals surface area contributed by atoms with Crippen molar-refractivity contribution >= 4 is 5.91 Å². The van der Waals surface area contributed by atoms with Gasteiger partial charge in [0, 0.05) is 6.42 Å². The van der Waals surface area contributed by atoms with Crippen molar-refractivity contribution in [3.05, 3.63) is 35.4 Å². The van der Waals surface area contributed by atoms with Gasteiger partial charge in [-0.1, -0.05) is 45.0 Å². The molecule has 0 aromatic heterocycles. The first-order chi connectivity index (χ1) is 9.44. The molecule has 0 saturated carbocycles. The lowest BCUT2D eigenvalue weighted by Gasteiger charge is -2.49. The number of nitrogens with zero attached hydrogens (tertiary/aromatic N) is 1. The highest BCUT2D eigenvalue weighted by Crippen LogP contribution is 2.29. The molecule has 1 N–H and O–H groups in total. The number of carbonyl (C=O) groups excluding carboxylic acids is 1. The van der Waals surface area contributed by atoms with E-state index in [0.29, 0.717) is 19.5 Å². The second-order valence-corrected chi connectivity index (χ2v) is 6.18. The minimum absolute atomic E-state index is 0.148. The van der Waals surface area contributed by atoms with E-state index < -0.39 is 5.60 Å². The number of carbonyl (C=O) groups is 1. The first-order valence-electron chi connectivity index (χ1n) is 7.52. The zero-order chi connectivity index (χ0) is 14.8. The van der Waals surface area contributed by atoms with Crippen LogP contribution in [0.3, 0.4) is 0 Å². The van der Waals surface area contributed by atoms with Gasteiger partial charge in [-0.25, -0.2) is 0 Å². The van der Waals surface area contributed by atoms with Crippen LogP contribution in [-0.4, -0.2) is 34.6 Å². The Balaban J connectivity index is 1.79. The summed E-state index contributed by atoms with van der Waals surface area (Å²) in [7, 11) is 0. The largest absolute Gasteiger partial charge is 0.386 e. The highest BCUT2D eigenvalue weighted by molar-refractivity contribution is 5.77. The van der Waals surface area contributed by atoms with Gasteiger partial charge in [-0.15, -0.1) is 0 Å². The van der Waals surface area contributed by atoms with Crippen LogP contribution in [0, 0.1) is 5.92 Å². The van der Waals surface area contributed by atoms with E-state index in [2.05, 4.69) is 31.2 Å². The molecule has 0 aliphatic carbocycles. The van der Waals surface area contributed by atoms with Crippen LogP contribution in [0.15, 0.2) is 24.3 Å². The predicted octanol–water partition coefficient (Wildman–Crippen LogP) is 2.41. The van der Waals surface area contributed by atoms with Gasteiger partial charge in [0.05, 0.1) is 13.1 Å². The van der Waals surface area contributed by atoms with Crippen LogP contribution >= 0.6 is 0 Å². The molecule has 1 heterocycles. The second-order valence-electron chi connectivity index (χ2n) is 6.18. The molecule has 20 heavy (non-hydrogen) atoms. The topological polar surface area (TPSA) is 40.5 Å². The Morgan fingerprint density at radius 1 is 1.25 bits per heavy atom. The summed E-state index contributed by atoms with van der Waals surface area (Å²) in [6.07, 6.45) is 2.35. The van der Waals surface area contributed by atoms with Crippen molar-refractivity contribution in [3.63, 3.8) is 0 Å². The number of amides is 1. The molecule has 0 bridgehead atoms. The molecule has 1 aromatic carbocycles. The Kier molecular flexibility index (Phi) is 4.48. The number of aliphatic hydroxyl groups is 1. The van der Waals surface area contributed by atoms with Crippen LogP contribution in [0.2, 0.25) is 0 Å². The lowest BCUT2D eigenvalue weighted by atomic mass is 9.83. The van der Waals surface area contributed by atoms with Crippen molar-refractivity contribution in [1.29, 1.82) is 0 Å². The van der Waals surface area contributed by atoms with Crippen molar-refractivity contribution in [3.8, 4) is 0 Å². The highest BCUT2D eigenvalue weighted by Gasteiger charge is 2.45. The predicted molar refractivity (Wildman–Crippen MR) is 80.5 cm³/mol. The number of hydrogen-bond donors (Lipinski definition) is 1. The summed E-state index contributed by atoms with van der Waals surface area (Å²) < 4.78 is 0. The molecule has 0 spiro atoms. The highest BCUT2D eigenvalue weighted by atomic mass is 16.3.